The third-order valence-corrected chi connectivity index (χ3v) is 4.89. The molecule has 1 rings (SSSR count). The second kappa shape index (κ2) is 4.80. The monoisotopic (exact) mass is 235 g/mol. The van der Waals surface area contributed by atoms with Crippen molar-refractivity contribution in [3.8, 4) is 0 Å². The van der Waals surface area contributed by atoms with Crippen molar-refractivity contribution in [2.45, 2.75) is 33.1 Å². The molecule has 0 aromatic rings. The maximum Gasteiger partial charge on any atom is 0.216 e. The molecule has 0 amide bonds. The number of aliphatic hydroxyl groups excluding tert-OH is 1. The Morgan fingerprint density at radius 1 is 1.27 bits per heavy atom. The summed E-state index contributed by atoms with van der Waals surface area (Å²) in [4.78, 5) is 0. The summed E-state index contributed by atoms with van der Waals surface area (Å²) < 4.78 is 25.0. The van der Waals surface area contributed by atoms with Crippen molar-refractivity contribution in [2.24, 2.45) is 5.41 Å². The molecule has 0 aromatic heterocycles. The molecule has 1 saturated heterocycles. The maximum atomic E-state index is 11.7. The minimum atomic E-state index is -3.22. The molecule has 0 aliphatic carbocycles. The van der Waals surface area contributed by atoms with Crippen LogP contribution in [-0.2, 0) is 10.0 Å². The molecule has 15 heavy (non-hydrogen) atoms. The van der Waals surface area contributed by atoms with Crippen LogP contribution in [-0.4, -0.2) is 43.3 Å². The van der Waals surface area contributed by atoms with Crippen LogP contribution in [0.2, 0.25) is 0 Å². The van der Waals surface area contributed by atoms with E-state index in [9.17, 15) is 8.42 Å². The summed E-state index contributed by atoms with van der Waals surface area (Å²) in [6.45, 7) is 5.26. The smallest absolute Gasteiger partial charge is 0.216 e. The van der Waals surface area contributed by atoms with E-state index in [-0.39, 0.29) is 17.8 Å². The van der Waals surface area contributed by atoms with Crippen LogP contribution in [0.4, 0.5) is 0 Å². The van der Waals surface area contributed by atoms with Gasteiger partial charge in [-0.15, -0.1) is 0 Å². The number of rotatable bonds is 3. The largest absolute Gasteiger partial charge is 0.395 e. The van der Waals surface area contributed by atoms with Crippen molar-refractivity contribution < 1.29 is 13.5 Å². The number of aliphatic hydroxyl groups is 1. The molecule has 4 nitrogen and oxygen atoms in total. The first-order chi connectivity index (χ1) is 6.87. The van der Waals surface area contributed by atoms with Crippen LogP contribution in [0.3, 0.4) is 0 Å². The van der Waals surface area contributed by atoms with Crippen LogP contribution in [0.25, 0.3) is 0 Å². The lowest BCUT2D eigenvalue weighted by atomic mass is 9.85. The summed E-state index contributed by atoms with van der Waals surface area (Å²) in [5, 5.41) is 8.70. The molecule has 0 aromatic carbocycles. The van der Waals surface area contributed by atoms with Gasteiger partial charge in [-0.3, -0.25) is 0 Å². The van der Waals surface area contributed by atoms with Crippen LogP contribution in [0.1, 0.15) is 33.1 Å². The fourth-order valence-electron chi connectivity index (χ4n) is 1.92. The van der Waals surface area contributed by atoms with Gasteiger partial charge in [0.05, 0.1) is 12.4 Å². The normalized spacial score (nSPS) is 23.7. The Morgan fingerprint density at radius 2 is 1.93 bits per heavy atom. The zero-order valence-corrected chi connectivity index (χ0v) is 10.4. The van der Waals surface area contributed by atoms with Gasteiger partial charge in [-0.1, -0.05) is 13.8 Å². The molecule has 0 unspecified atom stereocenters. The van der Waals surface area contributed by atoms with Gasteiger partial charge in [0.1, 0.15) is 0 Å². The summed E-state index contributed by atoms with van der Waals surface area (Å²) in [6, 6.07) is 0. The lowest BCUT2D eigenvalue weighted by Crippen LogP contribution is -2.35. The molecule has 0 atom stereocenters. The Morgan fingerprint density at radius 3 is 2.53 bits per heavy atom. The molecule has 1 N–H and O–H groups in total. The molecule has 1 heterocycles. The van der Waals surface area contributed by atoms with Crippen molar-refractivity contribution in [1.29, 1.82) is 0 Å². The predicted octanol–water partition coefficient (Wildman–Crippen LogP) is 0.821. The average Bonchev–Trinajstić information content (AvgIpc) is 2.26. The van der Waals surface area contributed by atoms with Crippen molar-refractivity contribution in [3.05, 3.63) is 0 Å². The molecular formula is C10H21NO3S. The molecule has 1 aliphatic rings. The zero-order valence-electron chi connectivity index (χ0n) is 9.57. The summed E-state index contributed by atoms with van der Waals surface area (Å²) in [5.41, 5.74) is 0.240. The summed E-state index contributed by atoms with van der Waals surface area (Å²) >= 11 is 0. The van der Waals surface area contributed by atoms with Gasteiger partial charge in [0.2, 0.25) is 10.0 Å². The number of sulfonamides is 1. The number of hydrogen-bond acceptors (Lipinski definition) is 3. The van der Waals surface area contributed by atoms with Crippen LogP contribution in [0, 0.1) is 5.41 Å². The Kier molecular flexibility index (Phi) is 4.14. The standard InChI is InChI=1S/C10H21NO3S/c1-10(2)4-3-6-11(7-5-10)15(13,14)9-8-12/h12H,3-9H2,1-2H3. The van der Waals surface area contributed by atoms with Crippen molar-refractivity contribution in [3.63, 3.8) is 0 Å². The van der Waals surface area contributed by atoms with Crippen LogP contribution in [0.5, 0.6) is 0 Å². The first-order valence-corrected chi connectivity index (χ1v) is 7.07. The van der Waals surface area contributed by atoms with Crippen molar-refractivity contribution >= 4 is 10.0 Å². The Hall–Kier alpha value is -0.130. The molecular weight excluding hydrogens is 214 g/mol. The van der Waals surface area contributed by atoms with E-state index < -0.39 is 10.0 Å². The molecule has 0 radical (unpaired) electrons. The van der Waals surface area contributed by atoms with Gasteiger partial charge in [-0.05, 0) is 24.7 Å². The molecule has 1 aliphatic heterocycles. The van der Waals surface area contributed by atoms with E-state index in [0.717, 1.165) is 19.3 Å². The minimum Gasteiger partial charge on any atom is -0.395 e. The van der Waals surface area contributed by atoms with E-state index in [1.807, 2.05) is 0 Å². The van der Waals surface area contributed by atoms with Gasteiger partial charge in [-0.2, -0.15) is 0 Å². The second-order valence-electron chi connectivity index (χ2n) is 4.96. The number of hydrogen-bond donors (Lipinski definition) is 1. The third kappa shape index (κ3) is 3.74. The maximum absolute atomic E-state index is 11.7. The quantitative estimate of drug-likeness (QED) is 0.788. The van der Waals surface area contributed by atoms with Crippen molar-refractivity contribution in [2.75, 3.05) is 25.4 Å². The molecule has 0 bridgehead atoms. The van der Waals surface area contributed by atoms with Crippen molar-refractivity contribution in [1.82, 2.24) is 4.31 Å². The highest BCUT2D eigenvalue weighted by Gasteiger charge is 2.28. The van der Waals surface area contributed by atoms with E-state index >= 15 is 0 Å². The van der Waals surface area contributed by atoms with E-state index in [2.05, 4.69) is 13.8 Å². The third-order valence-electron chi connectivity index (χ3n) is 3.04. The lowest BCUT2D eigenvalue weighted by Gasteiger charge is -2.22. The Bertz CT molecular complexity index is 298. The molecule has 1 fully saturated rings. The first-order valence-electron chi connectivity index (χ1n) is 5.46. The highest BCUT2D eigenvalue weighted by Crippen LogP contribution is 2.30. The van der Waals surface area contributed by atoms with Crippen LogP contribution in [0.15, 0.2) is 0 Å². The van der Waals surface area contributed by atoms with Gasteiger partial charge >= 0.3 is 0 Å². The van der Waals surface area contributed by atoms with Gasteiger partial charge in [0.15, 0.2) is 0 Å². The Balaban J connectivity index is 2.66. The molecule has 5 heteroatoms. The molecule has 90 valence electrons. The SMILES string of the molecule is CC1(C)CCCN(S(=O)(=O)CCO)CC1. The summed E-state index contributed by atoms with van der Waals surface area (Å²) in [6.07, 6.45) is 2.88. The Labute approximate surface area is 92.3 Å². The van der Waals surface area contributed by atoms with Crippen LogP contribution >= 0.6 is 0 Å². The van der Waals surface area contributed by atoms with E-state index in [0.29, 0.717) is 13.1 Å². The zero-order chi connectivity index (χ0) is 11.5. The average molecular weight is 235 g/mol. The molecule has 0 saturated carbocycles. The van der Waals surface area contributed by atoms with Gasteiger partial charge < -0.3 is 5.11 Å². The van der Waals surface area contributed by atoms with Crippen LogP contribution < -0.4 is 0 Å². The number of nitrogens with zero attached hydrogens (tertiary/aromatic N) is 1. The first kappa shape index (κ1) is 12.9. The predicted molar refractivity (Wildman–Crippen MR) is 60.1 cm³/mol. The molecule has 0 spiro atoms. The summed E-state index contributed by atoms with van der Waals surface area (Å²) in [5.74, 6) is -0.145. The van der Waals surface area contributed by atoms with E-state index in [1.165, 1.54) is 4.31 Å². The fraction of sp³-hybridized carbons (Fsp3) is 1.00. The minimum absolute atomic E-state index is 0.145. The van der Waals surface area contributed by atoms with E-state index in [4.69, 9.17) is 5.11 Å². The fourth-order valence-corrected chi connectivity index (χ4v) is 3.19. The summed E-state index contributed by atoms with van der Waals surface area (Å²) in [7, 11) is -3.22. The highest BCUT2D eigenvalue weighted by atomic mass is 32.2. The second-order valence-corrected chi connectivity index (χ2v) is 7.04. The van der Waals surface area contributed by atoms with Gasteiger partial charge in [-0.25, -0.2) is 12.7 Å². The lowest BCUT2D eigenvalue weighted by molar-refractivity contribution is 0.307. The van der Waals surface area contributed by atoms with Gasteiger partial charge in [0.25, 0.3) is 0 Å². The highest BCUT2D eigenvalue weighted by molar-refractivity contribution is 7.89. The topological polar surface area (TPSA) is 57.6 Å². The van der Waals surface area contributed by atoms with Gasteiger partial charge in [0, 0.05) is 13.1 Å². The van der Waals surface area contributed by atoms with E-state index in [1.54, 1.807) is 0 Å².